The lowest BCUT2D eigenvalue weighted by molar-refractivity contribution is -0.154. The van der Waals surface area contributed by atoms with Crippen molar-refractivity contribution < 1.29 is 22.0 Å². The van der Waals surface area contributed by atoms with Gasteiger partial charge in [-0.05, 0) is 11.6 Å². The third kappa shape index (κ3) is 3.18. The lowest BCUT2D eigenvalue weighted by Crippen LogP contribution is -2.35. The normalized spacial score (nSPS) is 17.1. The van der Waals surface area contributed by atoms with Crippen molar-refractivity contribution in [3.8, 4) is 0 Å². The molecule has 0 aromatic heterocycles. The molecule has 0 aliphatic heterocycles. The van der Waals surface area contributed by atoms with Crippen LogP contribution in [0.1, 0.15) is 0 Å². The van der Waals surface area contributed by atoms with Crippen LogP contribution in [0.5, 0.6) is 0 Å². The van der Waals surface area contributed by atoms with Crippen LogP contribution in [0.15, 0.2) is 0 Å². The van der Waals surface area contributed by atoms with Gasteiger partial charge in [0, 0.05) is 0 Å². The molecule has 0 aliphatic rings. The summed E-state index contributed by atoms with van der Waals surface area (Å²) in [6.07, 6.45) is -4.95. The van der Waals surface area contributed by atoms with Gasteiger partial charge in [-0.1, -0.05) is 22.6 Å². The summed E-state index contributed by atoms with van der Waals surface area (Å²) in [5.41, 5.74) is 0. The number of hydrogen-bond acceptors (Lipinski definition) is 0. The zero-order valence-corrected chi connectivity index (χ0v) is 7.14. The number of hydrogen-bond donors (Lipinski definition) is 0. The summed E-state index contributed by atoms with van der Waals surface area (Å²) < 4.78 is 54.6. The fourth-order valence-corrected chi connectivity index (χ4v) is 0.309. The molecule has 0 unspecified atom stereocenters. The summed E-state index contributed by atoms with van der Waals surface area (Å²) in [5, 5.41) is -4.22. The van der Waals surface area contributed by atoms with E-state index in [4.69, 9.17) is 0 Å². The van der Waals surface area contributed by atoms with Crippen LogP contribution < -0.4 is 0 Å². The first-order chi connectivity index (χ1) is 4.15. The Morgan fingerprint density at radius 2 is 1.40 bits per heavy atom. The van der Waals surface area contributed by atoms with Crippen molar-refractivity contribution in [2.75, 3.05) is 0 Å². The SMILES string of the molecule is FC(F)(F)[C@H](I)C(F)(F)Cl. The molecule has 0 saturated heterocycles. The maximum absolute atomic E-state index is 11.6. The molecule has 7 heteroatoms. The van der Waals surface area contributed by atoms with Crippen molar-refractivity contribution in [1.29, 1.82) is 0 Å². The summed E-state index contributed by atoms with van der Waals surface area (Å²) in [4.78, 5) is 0. The monoisotopic (exact) mass is 294 g/mol. The van der Waals surface area contributed by atoms with Crippen LogP contribution in [0, 0.1) is 0 Å². The zero-order valence-electron chi connectivity index (χ0n) is 4.22. The molecule has 0 heterocycles. The lowest BCUT2D eigenvalue weighted by Gasteiger charge is -2.17. The smallest absolute Gasteiger partial charge is 0.187 e. The molecule has 0 radical (unpaired) electrons. The van der Waals surface area contributed by atoms with Crippen molar-refractivity contribution >= 4 is 34.2 Å². The molecule has 0 aliphatic carbocycles. The molecule has 0 fully saturated rings. The Hall–Kier alpha value is 0.670. The van der Waals surface area contributed by atoms with Crippen LogP contribution in [-0.4, -0.2) is 15.5 Å². The van der Waals surface area contributed by atoms with E-state index in [2.05, 4.69) is 11.6 Å². The van der Waals surface area contributed by atoms with E-state index in [9.17, 15) is 22.0 Å². The molecule has 0 aromatic carbocycles. The largest absolute Gasteiger partial charge is 0.407 e. The van der Waals surface area contributed by atoms with Crippen LogP contribution in [-0.2, 0) is 0 Å². The molecule has 62 valence electrons. The number of halogens is 7. The lowest BCUT2D eigenvalue weighted by atomic mass is 10.4. The highest BCUT2D eigenvalue weighted by Crippen LogP contribution is 2.40. The Morgan fingerprint density at radius 1 is 1.10 bits per heavy atom. The fraction of sp³-hybridized carbons (Fsp3) is 1.00. The van der Waals surface area contributed by atoms with Gasteiger partial charge in [-0.2, -0.15) is 22.0 Å². The van der Waals surface area contributed by atoms with Crippen molar-refractivity contribution in [2.45, 2.75) is 15.5 Å². The molecule has 0 N–H and O–H groups in total. The van der Waals surface area contributed by atoms with E-state index in [0.717, 1.165) is 0 Å². The second kappa shape index (κ2) is 2.96. The standard InChI is InChI=1S/C3HClF5I/c4-2(5,6)1(10)3(7,8)9/h1H/t1-/m1/s1. The molecular weight excluding hydrogens is 293 g/mol. The van der Waals surface area contributed by atoms with Crippen molar-refractivity contribution in [1.82, 2.24) is 0 Å². The molecule has 0 spiro atoms. The van der Waals surface area contributed by atoms with Gasteiger partial charge in [0.05, 0.1) is 0 Å². The van der Waals surface area contributed by atoms with Crippen LogP contribution in [0.4, 0.5) is 22.0 Å². The Labute approximate surface area is 71.9 Å². The predicted molar refractivity (Wildman–Crippen MR) is 34.7 cm³/mol. The third-order valence-electron chi connectivity index (χ3n) is 0.575. The van der Waals surface area contributed by atoms with Crippen LogP contribution in [0.2, 0.25) is 0 Å². The van der Waals surface area contributed by atoms with Crippen molar-refractivity contribution in [2.24, 2.45) is 0 Å². The van der Waals surface area contributed by atoms with Crippen molar-refractivity contribution in [3.05, 3.63) is 0 Å². The van der Waals surface area contributed by atoms with E-state index in [1.54, 1.807) is 0 Å². The topological polar surface area (TPSA) is 0 Å². The van der Waals surface area contributed by atoms with E-state index < -0.39 is 15.5 Å². The fourth-order valence-electron chi connectivity index (χ4n) is 0.186. The minimum absolute atomic E-state index is 0.548. The van der Waals surface area contributed by atoms with E-state index in [-0.39, 0.29) is 0 Å². The Kier molecular flexibility index (Phi) is 3.16. The van der Waals surface area contributed by atoms with Gasteiger partial charge in [-0.25, -0.2) is 0 Å². The van der Waals surface area contributed by atoms with Gasteiger partial charge in [0.2, 0.25) is 0 Å². The van der Waals surface area contributed by atoms with Crippen molar-refractivity contribution in [3.63, 3.8) is 0 Å². The third-order valence-corrected chi connectivity index (χ3v) is 2.65. The maximum atomic E-state index is 11.6. The van der Waals surface area contributed by atoms with E-state index in [1.807, 2.05) is 0 Å². The average Bonchev–Trinajstić information content (AvgIpc) is 1.59. The molecular formula is C3HClF5I. The molecule has 0 bridgehead atoms. The van der Waals surface area contributed by atoms with E-state index in [0.29, 0.717) is 22.6 Å². The summed E-state index contributed by atoms with van der Waals surface area (Å²) in [6, 6.07) is 0. The van der Waals surface area contributed by atoms with E-state index in [1.165, 1.54) is 0 Å². The van der Waals surface area contributed by atoms with Gasteiger partial charge in [-0.15, -0.1) is 0 Å². The summed E-state index contributed by atoms with van der Waals surface area (Å²) >= 11 is 4.66. The average molecular weight is 294 g/mol. The Bertz CT molecular complexity index is 101. The second-order valence-electron chi connectivity index (χ2n) is 1.45. The predicted octanol–water partition coefficient (Wildman–Crippen LogP) is 3.18. The number of rotatable bonds is 1. The quantitative estimate of drug-likeness (QED) is 0.396. The van der Waals surface area contributed by atoms with Gasteiger partial charge in [0.25, 0.3) is 0 Å². The second-order valence-corrected chi connectivity index (χ2v) is 3.20. The van der Waals surface area contributed by atoms with Crippen LogP contribution >= 0.6 is 34.2 Å². The highest BCUT2D eigenvalue weighted by molar-refractivity contribution is 14.1. The first-order valence-corrected chi connectivity index (χ1v) is 3.55. The minimum atomic E-state index is -4.95. The van der Waals surface area contributed by atoms with Gasteiger partial charge in [-0.3, -0.25) is 0 Å². The van der Waals surface area contributed by atoms with Gasteiger partial charge in [0.15, 0.2) is 3.92 Å². The molecule has 0 saturated carbocycles. The van der Waals surface area contributed by atoms with Gasteiger partial charge in [0.1, 0.15) is 0 Å². The highest BCUT2D eigenvalue weighted by Gasteiger charge is 2.53. The molecule has 1 atom stereocenters. The molecule has 0 nitrogen and oxygen atoms in total. The Morgan fingerprint density at radius 3 is 1.40 bits per heavy atom. The van der Waals surface area contributed by atoms with Crippen LogP contribution in [0.25, 0.3) is 0 Å². The zero-order chi connectivity index (χ0) is 8.58. The summed E-state index contributed by atoms with van der Waals surface area (Å²) in [5.74, 6) is 0. The van der Waals surface area contributed by atoms with Gasteiger partial charge < -0.3 is 0 Å². The first kappa shape index (κ1) is 10.7. The summed E-state index contributed by atoms with van der Waals surface area (Å²) in [6.45, 7) is 0. The highest BCUT2D eigenvalue weighted by atomic mass is 127. The molecule has 0 rings (SSSR count). The van der Waals surface area contributed by atoms with Gasteiger partial charge >= 0.3 is 11.6 Å². The minimum Gasteiger partial charge on any atom is -0.187 e. The first-order valence-electron chi connectivity index (χ1n) is 1.93. The van der Waals surface area contributed by atoms with E-state index >= 15 is 0 Å². The summed E-state index contributed by atoms with van der Waals surface area (Å²) in [7, 11) is 0. The maximum Gasteiger partial charge on any atom is 0.407 e. The Balaban J connectivity index is 4.23. The molecule has 0 amide bonds. The molecule has 0 aromatic rings. The van der Waals surface area contributed by atoms with Crippen LogP contribution in [0.3, 0.4) is 0 Å². The molecule has 10 heavy (non-hydrogen) atoms. The number of alkyl halides is 7.